The quantitative estimate of drug-likeness (QED) is 0.694. The van der Waals surface area contributed by atoms with Crippen molar-refractivity contribution in [3.05, 3.63) is 59.2 Å². The van der Waals surface area contributed by atoms with Gasteiger partial charge < -0.3 is 14.8 Å². The van der Waals surface area contributed by atoms with Crippen molar-refractivity contribution in [3.8, 4) is 5.75 Å². The van der Waals surface area contributed by atoms with Crippen molar-refractivity contribution in [1.82, 2.24) is 0 Å². The molecule has 0 aliphatic rings. The van der Waals surface area contributed by atoms with Gasteiger partial charge in [-0.2, -0.15) is 0 Å². The lowest BCUT2D eigenvalue weighted by atomic mass is 10.1. The van der Waals surface area contributed by atoms with Crippen molar-refractivity contribution in [2.45, 2.75) is 46.6 Å². The standard InChI is InChI=1S/C22H27NO4/c1-5-16-11-13-17(14-12-16)27-20(6-2)21(24)23-19-10-8-9-18(15(19)4)22(25)26-7-3/h8-14,20H,5-7H2,1-4H3,(H,23,24). The molecular formula is C22H27NO4. The van der Waals surface area contributed by atoms with Crippen molar-refractivity contribution in [3.63, 3.8) is 0 Å². The monoisotopic (exact) mass is 369 g/mol. The van der Waals surface area contributed by atoms with E-state index in [1.807, 2.05) is 31.2 Å². The van der Waals surface area contributed by atoms with Crippen molar-refractivity contribution in [2.24, 2.45) is 0 Å². The fourth-order valence-corrected chi connectivity index (χ4v) is 2.70. The van der Waals surface area contributed by atoms with Crippen LogP contribution in [-0.2, 0) is 16.0 Å². The first-order chi connectivity index (χ1) is 13.0. The fraction of sp³-hybridized carbons (Fsp3) is 0.364. The van der Waals surface area contributed by atoms with E-state index in [1.54, 1.807) is 32.0 Å². The summed E-state index contributed by atoms with van der Waals surface area (Å²) < 4.78 is 10.9. The third-order valence-corrected chi connectivity index (χ3v) is 4.36. The number of hydrogen-bond donors (Lipinski definition) is 1. The van der Waals surface area contributed by atoms with E-state index in [-0.39, 0.29) is 5.91 Å². The maximum Gasteiger partial charge on any atom is 0.338 e. The number of rotatable bonds is 8. The molecular weight excluding hydrogens is 342 g/mol. The Morgan fingerprint density at radius 2 is 1.74 bits per heavy atom. The smallest absolute Gasteiger partial charge is 0.338 e. The van der Waals surface area contributed by atoms with Gasteiger partial charge in [-0.1, -0.05) is 32.0 Å². The van der Waals surface area contributed by atoms with Gasteiger partial charge in [0.25, 0.3) is 5.91 Å². The van der Waals surface area contributed by atoms with Crippen LogP contribution < -0.4 is 10.1 Å². The first-order valence-corrected chi connectivity index (χ1v) is 9.33. The minimum Gasteiger partial charge on any atom is -0.481 e. The Morgan fingerprint density at radius 1 is 1.04 bits per heavy atom. The van der Waals surface area contributed by atoms with Crippen LogP contribution in [0.25, 0.3) is 0 Å². The summed E-state index contributed by atoms with van der Waals surface area (Å²) in [6, 6.07) is 12.9. The minimum atomic E-state index is -0.622. The lowest BCUT2D eigenvalue weighted by Gasteiger charge is -2.19. The molecule has 0 saturated carbocycles. The van der Waals surface area contributed by atoms with Crippen LogP contribution in [-0.4, -0.2) is 24.6 Å². The molecule has 1 atom stereocenters. The molecule has 2 rings (SSSR count). The normalized spacial score (nSPS) is 11.6. The maximum absolute atomic E-state index is 12.7. The summed E-state index contributed by atoms with van der Waals surface area (Å²) in [5.74, 6) is 0.0118. The highest BCUT2D eigenvalue weighted by Gasteiger charge is 2.20. The Hall–Kier alpha value is -2.82. The number of nitrogens with one attached hydrogen (secondary N) is 1. The number of carbonyl (C=O) groups is 2. The molecule has 0 spiro atoms. The van der Waals surface area contributed by atoms with Gasteiger partial charge >= 0.3 is 5.97 Å². The number of aryl methyl sites for hydroxylation is 1. The Bertz CT molecular complexity index is 783. The zero-order chi connectivity index (χ0) is 19.8. The molecule has 144 valence electrons. The van der Waals surface area contributed by atoms with Crippen LogP contribution in [0.2, 0.25) is 0 Å². The minimum absolute atomic E-state index is 0.249. The molecule has 2 aromatic rings. The SMILES string of the molecule is CCOC(=O)c1cccc(NC(=O)C(CC)Oc2ccc(CC)cc2)c1C. The predicted molar refractivity (Wildman–Crippen MR) is 106 cm³/mol. The van der Waals surface area contributed by atoms with Crippen molar-refractivity contribution in [1.29, 1.82) is 0 Å². The molecule has 5 nitrogen and oxygen atoms in total. The van der Waals surface area contributed by atoms with Gasteiger partial charge in [-0.25, -0.2) is 4.79 Å². The Labute approximate surface area is 160 Å². The first kappa shape index (κ1) is 20.5. The summed E-state index contributed by atoms with van der Waals surface area (Å²) in [6.07, 6.45) is 0.856. The zero-order valence-corrected chi connectivity index (χ0v) is 16.4. The van der Waals surface area contributed by atoms with Gasteiger partial charge in [0.05, 0.1) is 12.2 Å². The van der Waals surface area contributed by atoms with Crippen LogP contribution in [0.15, 0.2) is 42.5 Å². The van der Waals surface area contributed by atoms with Crippen molar-refractivity contribution >= 4 is 17.6 Å². The average molecular weight is 369 g/mol. The number of benzene rings is 2. The number of esters is 1. The van der Waals surface area contributed by atoms with E-state index in [0.717, 1.165) is 6.42 Å². The number of ether oxygens (including phenoxy) is 2. The third-order valence-electron chi connectivity index (χ3n) is 4.36. The van der Waals surface area contributed by atoms with Crippen LogP contribution >= 0.6 is 0 Å². The lowest BCUT2D eigenvalue weighted by Crippen LogP contribution is -2.32. The van der Waals surface area contributed by atoms with E-state index >= 15 is 0 Å². The molecule has 0 heterocycles. The predicted octanol–water partition coefficient (Wildman–Crippen LogP) is 4.53. The summed E-state index contributed by atoms with van der Waals surface area (Å²) in [5.41, 5.74) is 2.91. The molecule has 0 aromatic heterocycles. The molecule has 1 amide bonds. The molecule has 0 fully saturated rings. The number of hydrogen-bond acceptors (Lipinski definition) is 4. The van der Waals surface area contributed by atoms with Crippen LogP contribution in [0.3, 0.4) is 0 Å². The van der Waals surface area contributed by atoms with Gasteiger partial charge in [0.1, 0.15) is 5.75 Å². The topological polar surface area (TPSA) is 64.6 Å². The van der Waals surface area contributed by atoms with E-state index in [0.29, 0.717) is 35.6 Å². The highest BCUT2D eigenvalue weighted by Crippen LogP contribution is 2.21. The number of carbonyl (C=O) groups excluding carboxylic acids is 2. The zero-order valence-electron chi connectivity index (χ0n) is 16.4. The Kier molecular flexibility index (Phi) is 7.41. The summed E-state index contributed by atoms with van der Waals surface area (Å²) in [6.45, 7) is 7.83. The van der Waals surface area contributed by atoms with Gasteiger partial charge in [0.15, 0.2) is 6.10 Å². The highest BCUT2D eigenvalue weighted by atomic mass is 16.5. The molecule has 0 saturated heterocycles. The molecule has 1 N–H and O–H groups in total. The van der Waals surface area contributed by atoms with E-state index in [2.05, 4.69) is 12.2 Å². The Morgan fingerprint density at radius 3 is 2.33 bits per heavy atom. The van der Waals surface area contributed by atoms with Crippen LogP contribution in [0, 0.1) is 6.92 Å². The molecule has 0 radical (unpaired) electrons. The summed E-state index contributed by atoms with van der Waals surface area (Å²) in [7, 11) is 0. The second kappa shape index (κ2) is 9.76. The average Bonchev–Trinajstić information content (AvgIpc) is 2.68. The van der Waals surface area contributed by atoms with E-state index in [4.69, 9.17) is 9.47 Å². The van der Waals surface area contributed by atoms with E-state index < -0.39 is 12.1 Å². The Balaban J connectivity index is 2.11. The van der Waals surface area contributed by atoms with Gasteiger partial charge in [0, 0.05) is 5.69 Å². The molecule has 1 unspecified atom stereocenters. The first-order valence-electron chi connectivity index (χ1n) is 9.33. The van der Waals surface area contributed by atoms with Crippen molar-refractivity contribution in [2.75, 3.05) is 11.9 Å². The molecule has 0 aliphatic heterocycles. The third kappa shape index (κ3) is 5.33. The molecule has 27 heavy (non-hydrogen) atoms. The lowest BCUT2D eigenvalue weighted by molar-refractivity contribution is -0.122. The van der Waals surface area contributed by atoms with Crippen molar-refractivity contribution < 1.29 is 19.1 Å². The second-order valence-corrected chi connectivity index (χ2v) is 6.20. The molecule has 0 aliphatic carbocycles. The highest BCUT2D eigenvalue weighted by molar-refractivity contribution is 5.98. The van der Waals surface area contributed by atoms with Gasteiger partial charge in [-0.15, -0.1) is 0 Å². The number of anilines is 1. The van der Waals surface area contributed by atoms with E-state index in [1.165, 1.54) is 5.56 Å². The van der Waals surface area contributed by atoms with Crippen LogP contribution in [0.1, 0.15) is 48.7 Å². The fourth-order valence-electron chi connectivity index (χ4n) is 2.70. The molecule has 0 bridgehead atoms. The summed E-state index contributed by atoms with van der Waals surface area (Å²) in [4.78, 5) is 24.7. The van der Waals surface area contributed by atoms with Crippen LogP contribution in [0.5, 0.6) is 5.75 Å². The maximum atomic E-state index is 12.7. The van der Waals surface area contributed by atoms with Gasteiger partial charge in [-0.3, -0.25) is 4.79 Å². The molecule has 2 aromatic carbocycles. The summed E-state index contributed by atoms with van der Waals surface area (Å²) >= 11 is 0. The van der Waals surface area contributed by atoms with Crippen LogP contribution in [0.4, 0.5) is 5.69 Å². The largest absolute Gasteiger partial charge is 0.481 e. The van der Waals surface area contributed by atoms with Gasteiger partial charge in [-0.05, 0) is 62.1 Å². The summed E-state index contributed by atoms with van der Waals surface area (Å²) in [5, 5.41) is 2.87. The van der Waals surface area contributed by atoms with E-state index in [9.17, 15) is 9.59 Å². The second-order valence-electron chi connectivity index (χ2n) is 6.20. The number of amides is 1. The van der Waals surface area contributed by atoms with Gasteiger partial charge in [0.2, 0.25) is 0 Å². The molecule has 5 heteroatoms.